The Morgan fingerprint density at radius 3 is 2.92 bits per heavy atom. The number of carboxylic acid groups (broad SMARTS) is 1. The van der Waals surface area contributed by atoms with Gasteiger partial charge in [-0.3, -0.25) is 0 Å². The number of nitrogens with one attached hydrogen (secondary N) is 1. The van der Waals surface area contributed by atoms with Crippen LogP contribution in [0.3, 0.4) is 0 Å². The first-order valence-corrected chi connectivity index (χ1v) is 3.46. The van der Waals surface area contributed by atoms with Crippen molar-refractivity contribution >= 4 is 5.97 Å². The van der Waals surface area contributed by atoms with Crippen LogP contribution < -0.4 is 5.32 Å². The van der Waals surface area contributed by atoms with Crippen molar-refractivity contribution in [1.82, 2.24) is 5.32 Å². The fourth-order valence-corrected chi connectivity index (χ4v) is 0.586. The second-order valence-corrected chi connectivity index (χ2v) is 2.19. The van der Waals surface area contributed by atoms with Crippen molar-refractivity contribution in [3.63, 3.8) is 0 Å². The molecule has 70 valence electrons. The van der Waals surface area contributed by atoms with Crippen LogP contribution >= 0.6 is 0 Å². The molecule has 1 atom stereocenters. The number of ether oxygens (including phenoxy) is 1. The van der Waals surface area contributed by atoms with E-state index in [9.17, 15) is 4.79 Å². The monoisotopic (exact) mass is 175 g/mol. The molecule has 0 heterocycles. The number of aliphatic hydroxyl groups excluding tert-OH is 1. The molecular weight excluding hydrogens is 162 g/mol. The maximum Gasteiger partial charge on any atom is 0.329 e. The molecule has 0 aliphatic carbocycles. The second-order valence-electron chi connectivity index (χ2n) is 2.19. The van der Waals surface area contributed by atoms with Crippen molar-refractivity contribution < 1.29 is 19.7 Å². The zero-order valence-electron chi connectivity index (χ0n) is 6.86. The summed E-state index contributed by atoms with van der Waals surface area (Å²) >= 11 is 0. The van der Waals surface area contributed by atoms with Gasteiger partial charge in [0.2, 0.25) is 0 Å². The first-order valence-electron chi connectivity index (χ1n) is 3.46. The second kappa shape index (κ2) is 6.63. The normalized spacial score (nSPS) is 13.2. The number of hydrogen-bond acceptors (Lipinski definition) is 4. The van der Waals surface area contributed by atoms with Gasteiger partial charge in [-0.05, 0) is 0 Å². The van der Waals surface area contributed by atoms with Crippen LogP contribution in [0, 0.1) is 0 Å². The van der Waals surface area contributed by atoms with E-state index < -0.39 is 12.1 Å². The Bertz CT molecular complexity index is 157. The lowest BCUT2D eigenvalue weighted by Crippen LogP contribution is -2.26. The van der Waals surface area contributed by atoms with E-state index in [1.54, 1.807) is 0 Å². The van der Waals surface area contributed by atoms with E-state index in [-0.39, 0.29) is 13.2 Å². The molecule has 1 unspecified atom stereocenters. The molecule has 0 aromatic carbocycles. The Morgan fingerprint density at radius 1 is 1.75 bits per heavy atom. The van der Waals surface area contributed by atoms with Crippen molar-refractivity contribution in [3.8, 4) is 0 Å². The van der Waals surface area contributed by atoms with Crippen LogP contribution in [0.2, 0.25) is 0 Å². The summed E-state index contributed by atoms with van der Waals surface area (Å²) in [6.45, 7) is 0.505. The summed E-state index contributed by atoms with van der Waals surface area (Å²) in [4.78, 5) is 9.96. The van der Waals surface area contributed by atoms with Crippen molar-refractivity contribution in [2.75, 3.05) is 20.3 Å². The van der Waals surface area contributed by atoms with Crippen LogP contribution in [-0.2, 0) is 9.53 Å². The fourth-order valence-electron chi connectivity index (χ4n) is 0.586. The molecule has 0 radical (unpaired) electrons. The molecule has 0 aliphatic heterocycles. The van der Waals surface area contributed by atoms with Crippen LogP contribution in [0.15, 0.2) is 12.3 Å². The van der Waals surface area contributed by atoms with Gasteiger partial charge < -0.3 is 20.3 Å². The largest absolute Gasteiger partial charge is 0.478 e. The number of aliphatic hydroxyl groups is 1. The quantitative estimate of drug-likeness (QED) is 0.460. The third kappa shape index (κ3) is 7.04. The van der Waals surface area contributed by atoms with Gasteiger partial charge >= 0.3 is 5.97 Å². The number of carbonyl (C=O) groups is 1. The highest BCUT2D eigenvalue weighted by Gasteiger charge is 1.99. The summed E-state index contributed by atoms with van der Waals surface area (Å²) in [7, 11) is 1.48. The van der Waals surface area contributed by atoms with Gasteiger partial charge in [0.25, 0.3) is 0 Å². The van der Waals surface area contributed by atoms with Gasteiger partial charge in [-0.2, -0.15) is 0 Å². The minimum absolute atomic E-state index is 0.230. The molecule has 3 N–H and O–H groups in total. The van der Waals surface area contributed by atoms with Crippen LogP contribution in [0.4, 0.5) is 0 Å². The SMILES string of the molecule is COCC(O)CN/C=C/C(=O)O. The molecule has 0 rings (SSSR count). The van der Waals surface area contributed by atoms with E-state index >= 15 is 0 Å². The molecule has 12 heavy (non-hydrogen) atoms. The lowest BCUT2D eigenvalue weighted by molar-refractivity contribution is -0.131. The van der Waals surface area contributed by atoms with Crippen molar-refractivity contribution in [2.45, 2.75) is 6.10 Å². The zero-order chi connectivity index (χ0) is 9.40. The van der Waals surface area contributed by atoms with Gasteiger partial charge in [0.15, 0.2) is 0 Å². The van der Waals surface area contributed by atoms with Gasteiger partial charge in [-0.15, -0.1) is 0 Å². The van der Waals surface area contributed by atoms with Crippen molar-refractivity contribution in [1.29, 1.82) is 0 Å². The highest BCUT2D eigenvalue weighted by atomic mass is 16.5. The minimum atomic E-state index is -1.02. The molecule has 0 aliphatic rings. The molecule has 0 saturated carbocycles. The van der Waals surface area contributed by atoms with E-state index in [4.69, 9.17) is 10.2 Å². The molecular formula is C7H13NO4. The first-order chi connectivity index (χ1) is 5.66. The summed E-state index contributed by atoms with van der Waals surface area (Å²) in [5, 5.41) is 19.8. The van der Waals surface area contributed by atoms with Gasteiger partial charge in [-0.25, -0.2) is 4.79 Å². The Morgan fingerprint density at radius 2 is 2.42 bits per heavy atom. The number of carboxylic acids is 1. The summed E-state index contributed by atoms with van der Waals surface area (Å²) in [5.41, 5.74) is 0. The molecule has 0 spiro atoms. The topological polar surface area (TPSA) is 78.8 Å². The maximum absolute atomic E-state index is 9.96. The van der Waals surface area contributed by atoms with E-state index in [2.05, 4.69) is 10.1 Å². The third-order valence-corrected chi connectivity index (χ3v) is 1.06. The Hall–Kier alpha value is -1.07. The van der Waals surface area contributed by atoms with Crippen LogP contribution in [0.25, 0.3) is 0 Å². The minimum Gasteiger partial charge on any atom is -0.478 e. The van der Waals surface area contributed by atoms with Gasteiger partial charge in [-0.1, -0.05) is 0 Å². The highest BCUT2D eigenvalue weighted by Crippen LogP contribution is 1.80. The van der Waals surface area contributed by atoms with Crippen LogP contribution in [-0.4, -0.2) is 42.5 Å². The van der Waals surface area contributed by atoms with E-state index in [1.807, 2.05) is 0 Å². The predicted octanol–water partition coefficient (Wildman–Crippen LogP) is -0.818. The Balaban J connectivity index is 3.36. The molecule has 5 heteroatoms. The molecule has 0 bridgehead atoms. The summed E-state index contributed by atoms with van der Waals surface area (Å²) in [5.74, 6) is -1.02. The Kier molecular flexibility index (Phi) is 6.04. The average molecular weight is 175 g/mol. The number of hydrogen-bond donors (Lipinski definition) is 3. The molecule has 5 nitrogen and oxygen atoms in total. The fraction of sp³-hybridized carbons (Fsp3) is 0.571. The van der Waals surface area contributed by atoms with Gasteiger partial charge in [0.1, 0.15) is 0 Å². The average Bonchev–Trinajstić information content (AvgIpc) is 1.98. The van der Waals surface area contributed by atoms with Crippen molar-refractivity contribution in [3.05, 3.63) is 12.3 Å². The number of methoxy groups -OCH3 is 1. The molecule has 0 aromatic rings. The first kappa shape index (κ1) is 10.9. The molecule has 0 fully saturated rings. The Labute approximate surface area is 70.7 Å². The van der Waals surface area contributed by atoms with E-state index in [1.165, 1.54) is 13.3 Å². The van der Waals surface area contributed by atoms with E-state index in [0.717, 1.165) is 6.08 Å². The smallest absolute Gasteiger partial charge is 0.329 e. The lowest BCUT2D eigenvalue weighted by atomic mass is 10.4. The van der Waals surface area contributed by atoms with E-state index in [0.29, 0.717) is 0 Å². The standard InChI is InChI=1S/C7H13NO4/c1-12-5-6(9)4-8-3-2-7(10)11/h2-3,6,8-9H,4-5H2,1H3,(H,10,11)/b3-2+. The van der Waals surface area contributed by atoms with Gasteiger partial charge in [0.05, 0.1) is 12.7 Å². The zero-order valence-corrected chi connectivity index (χ0v) is 6.86. The molecule has 0 saturated heterocycles. The van der Waals surface area contributed by atoms with Crippen molar-refractivity contribution in [2.24, 2.45) is 0 Å². The summed E-state index contributed by atoms with van der Waals surface area (Å²) in [6, 6.07) is 0. The molecule has 0 aromatic heterocycles. The highest BCUT2D eigenvalue weighted by molar-refractivity contribution is 5.79. The molecule has 0 amide bonds. The lowest BCUT2D eigenvalue weighted by Gasteiger charge is -2.07. The van der Waals surface area contributed by atoms with Gasteiger partial charge in [0, 0.05) is 25.9 Å². The maximum atomic E-state index is 9.96. The van der Waals surface area contributed by atoms with Crippen LogP contribution in [0.5, 0.6) is 0 Å². The predicted molar refractivity (Wildman–Crippen MR) is 42.7 cm³/mol. The number of aliphatic carboxylic acids is 1. The summed E-state index contributed by atoms with van der Waals surface area (Å²) < 4.78 is 4.65. The summed E-state index contributed by atoms with van der Waals surface area (Å²) in [6.07, 6.45) is 1.61. The van der Waals surface area contributed by atoms with Crippen LogP contribution in [0.1, 0.15) is 0 Å². The third-order valence-electron chi connectivity index (χ3n) is 1.06. The number of rotatable bonds is 6.